The van der Waals surface area contributed by atoms with E-state index in [1.807, 2.05) is 6.08 Å². The van der Waals surface area contributed by atoms with Gasteiger partial charge < -0.3 is 10.4 Å². The number of rotatable bonds is 5. The van der Waals surface area contributed by atoms with E-state index >= 15 is 0 Å². The number of carboxylic acids is 1. The van der Waals surface area contributed by atoms with E-state index in [4.69, 9.17) is 0 Å². The fourth-order valence-corrected chi connectivity index (χ4v) is 1.53. The minimum Gasteiger partial charge on any atom is -0.479 e. The maximum absolute atomic E-state index is 11.2. The third-order valence-corrected chi connectivity index (χ3v) is 2.27. The smallest absolute Gasteiger partial charge is 0.333 e. The minimum atomic E-state index is -1.05. The molecule has 80 valence electrons. The first-order chi connectivity index (χ1) is 7.14. The quantitative estimate of drug-likeness (QED) is 0.675. The van der Waals surface area contributed by atoms with Crippen LogP contribution in [0.5, 0.6) is 0 Å². The van der Waals surface area contributed by atoms with Crippen molar-refractivity contribution in [1.29, 1.82) is 0 Å². The van der Waals surface area contributed by atoms with Crippen molar-refractivity contribution in [2.45, 2.75) is 18.4 Å². The molecule has 0 bridgehead atoms. The van der Waals surface area contributed by atoms with Gasteiger partial charge in [0.25, 0.3) is 0 Å². The van der Waals surface area contributed by atoms with E-state index in [0.717, 1.165) is 5.70 Å². The van der Waals surface area contributed by atoms with Crippen LogP contribution in [-0.4, -0.2) is 16.6 Å². The van der Waals surface area contributed by atoms with E-state index in [2.05, 4.69) is 18.5 Å². The predicted octanol–water partition coefficient (Wildman–Crippen LogP) is 2.01. The summed E-state index contributed by atoms with van der Waals surface area (Å²) in [6.45, 7) is 7.20. The molecular weight excluding hydrogens is 190 g/mol. The van der Waals surface area contributed by atoms with Crippen LogP contribution in [0.2, 0.25) is 0 Å². The van der Waals surface area contributed by atoms with Crippen LogP contribution in [-0.2, 0) is 4.79 Å². The second-order valence-corrected chi connectivity index (χ2v) is 3.44. The Hall–Kier alpha value is -1.77. The average molecular weight is 205 g/mol. The van der Waals surface area contributed by atoms with Crippen LogP contribution in [0, 0.1) is 0 Å². The summed E-state index contributed by atoms with van der Waals surface area (Å²) < 4.78 is 0. The summed E-state index contributed by atoms with van der Waals surface area (Å²) in [6, 6.07) is 0. The highest BCUT2D eigenvalue weighted by molar-refractivity contribution is 5.82. The van der Waals surface area contributed by atoms with E-state index in [1.54, 1.807) is 24.3 Å². The normalized spacial score (nSPS) is 23.9. The lowest BCUT2D eigenvalue weighted by atomic mass is 9.91. The summed E-state index contributed by atoms with van der Waals surface area (Å²) in [7, 11) is 0. The summed E-state index contributed by atoms with van der Waals surface area (Å²) in [5.41, 5.74) is -0.189. The van der Waals surface area contributed by atoms with Crippen LogP contribution in [0.25, 0.3) is 0 Å². The number of hydrogen-bond acceptors (Lipinski definition) is 2. The Bertz CT molecular complexity index is 342. The molecule has 1 rings (SSSR count). The molecule has 3 nitrogen and oxygen atoms in total. The SMILES string of the molecule is C=CCC1=CC=CC(CC=C)(C(=O)O)N1. The Morgan fingerprint density at radius 1 is 1.53 bits per heavy atom. The van der Waals surface area contributed by atoms with Gasteiger partial charge in [0, 0.05) is 18.5 Å². The third kappa shape index (κ3) is 2.37. The first kappa shape index (κ1) is 11.3. The van der Waals surface area contributed by atoms with Crippen LogP contribution in [0.15, 0.2) is 49.2 Å². The Labute approximate surface area is 89.5 Å². The van der Waals surface area contributed by atoms with Gasteiger partial charge >= 0.3 is 5.97 Å². The van der Waals surface area contributed by atoms with Crippen molar-refractivity contribution in [3.8, 4) is 0 Å². The molecule has 0 aromatic rings. The predicted molar refractivity (Wildman–Crippen MR) is 60.4 cm³/mol. The molecule has 1 aliphatic rings. The lowest BCUT2D eigenvalue weighted by molar-refractivity contribution is -0.142. The van der Waals surface area contributed by atoms with Gasteiger partial charge in [-0.1, -0.05) is 18.2 Å². The first-order valence-electron chi connectivity index (χ1n) is 4.76. The fraction of sp³-hybridized carbons (Fsp3) is 0.250. The molecule has 1 aliphatic heterocycles. The topological polar surface area (TPSA) is 49.3 Å². The Morgan fingerprint density at radius 3 is 2.80 bits per heavy atom. The number of aliphatic carboxylic acids is 1. The lowest BCUT2D eigenvalue weighted by Crippen LogP contribution is -2.50. The Morgan fingerprint density at radius 2 is 2.27 bits per heavy atom. The van der Waals surface area contributed by atoms with Crippen LogP contribution in [0.3, 0.4) is 0 Å². The molecular formula is C12H15NO2. The van der Waals surface area contributed by atoms with Crippen LogP contribution >= 0.6 is 0 Å². The van der Waals surface area contributed by atoms with Gasteiger partial charge in [-0.15, -0.1) is 13.2 Å². The molecule has 0 aliphatic carbocycles. The van der Waals surface area contributed by atoms with Gasteiger partial charge in [-0.2, -0.15) is 0 Å². The summed E-state index contributed by atoms with van der Waals surface area (Å²) in [5, 5.41) is 12.2. The molecule has 0 aromatic heterocycles. The second kappa shape index (κ2) is 4.64. The highest BCUT2D eigenvalue weighted by Gasteiger charge is 2.35. The van der Waals surface area contributed by atoms with E-state index in [1.165, 1.54) is 0 Å². The van der Waals surface area contributed by atoms with E-state index < -0.39 is 11.5 Å². The second-order valence-electron chi connectivity index (χ2n) is 3.44. The van der Waals surface area contributed by atoms with Crippen molar-refractivity contribution < 1.29 is 9.90 Å². The number of allylic oxidation sites excluding steroid dienone is 3. The van der Waals surface area contributed by atoms with Gasteiger partial charge in [0.05, 0.1) is 0 Å². The van der Waals surface area contributed by atoms with Crippen molar-refractivity contribution in [3.63, 3.8) is 0 Å². The third-order valence-electron chi connectivity index (χ3n) is 2.27. The average Bonchev–Trinajstić information content (AvgIpc) is 2.19. The summed E-state index contributed by atoms with van der Waals surface area (Å²) >= 11 is 0. The van der Waals surface area contributed by atoms with Crippen LogP contribution in [0.1, 0.15) is 12.8 Å². The molecule has 0 amide bonds. The number of carbonyl (C=O) groups is 1. The molecule has 15 heavy (non-hydrogen) atoms. The molecule has 0 saturated heterocycles. The van der Waals surface area contributed by atoms with E-state index in [0.29, 0.717) is 12.8 Å². The van der Waals surface area contributed by atoms with Gasteiger partial charge in [0.15, 0.2) is 5.54 Å². The van der Waals surface area contributed by atoms with Crippen molar-refractivity contribution in [2.75, 3.05) is 0 Å². The minimum absolute atomic E-state index is 0.354. The van der Waals surface area contributed by atoms with Gasteiger partial charge in [0.2, 0.25) is 0 Å². The van der Waals surface area contributed by atoms with Crippen molar-refractivity contribution in [3.05, 3.63) is 49.2 Å². The summed E-state index contributed by atoms with van der Waals surface area (Å²) in [4.78, 5) is 11.2. The lowest BCUT2D eigenvalue weighted by Gasteiger charge is -2.30. The zero-order valence-corrected chi connectivity index (χ0v) is 8.57. The van der Waals surface area contributed by atoms with Crippen LogP contribution in [0.4, 0.5) is 0 Å². The first-order valence-corrected chi connectivity index (χ1v) is 4.76. The Balaban J connectivity index is 2.90. The molecule has 3 heteroatoms. The maximum Gasteiger partial charge on any atom is 0.333 e. The summed E-state index contributed by atoms with van der Waals surface area (Å²) in [5.74, 6) is -0.895. The summed E-state index contributed by atoms with van der Waals surface area (Å²) in [6.07, 6.45) is 9.58. The van der Waals surface area contributed by atoms with Gasteiger partial charge in [-0.25, -0.2) is 4.79 Å². The zero-order chi connectivity index (χ0) is 11.3. The largest absolute Gasteiger partial charge is 0.479 e. The number of dihydropyridines is 1. The molecule has 0 aromatic carbocycles. The maximum atomic E-state index is 11.2. The van der Waals surface area contributed by atoms with Gasteiger partial charge in [-0.05, 0) is 12.2 Å². The van der Waals surface area contributed by atoms with E-state index in [-0.39, 0.29) is 0 Å². The molecule has 1 atom stereocenters. The number of nitrogens with one attached hydrogen (secondary N) is 1. The Kier molecular flexibility index (Phi) is 3.50. The highest BCUT2D eigenvalue weighted by atomic mass is 16.4. The van der Waals surface area contributed by atoms with Gasteiger partial charge in [-0.3, -0.25) is 0 Å². The highest BCUT2D eigenvalue weighted by Crippen LogP contribution is 2.21. The standard InChI is InChI=1S/C12H15NO2/c1-3-6-10-7-5-9-12(13-10,8-4-2)11(14)15/h3-5,7,9,13H,1-2,6,8H2,(H,14,15). The monoisotopic (exact) mass is 205 g/mol. The van der Waals surface area contributed by atoms with E-state index in [9.17, 15) is 9.90 Å². The molecule has 0 fully saturated rings. The van der Waals surface area contributed by atoms with Crippen molar-refractivity contribution in [2.24, 2.45) is 0 Å². The number of carboxylic acid groups (broad SMARTS) is 1. The van der Waals surface area contributed by atoms with Crippen molar-refractivity contribution in [1.82, 2.24) is 5.32 Å². The molecule has 1 heterocycles. The molecule has 0 radical (unpaired) electrons. The zero-order valence-electron chi connectivity index (χ0n) is 8.57. The number of hydrogen-bond donors (Lipinski definition) is 2. The molecule has 0 spiro atoms. The molecule has 0 saturated carbocycles. The van der Waals surface area contributed by atoms with Crippen LogP contribution < -0.4 is 5.32 Å². The molecule has 1 unspecified atom stereocenters. The molecule has 2 N–H and O–H groups in total. The van der Waals surface area contributed by atoms with Gasteiger partial charge in [0.1, 0.15) is 0 Å². The van der Waals surface area contributed by atoms with Crippen molar-refractivity contribution >= 4 is 5.97 Å². The fourth-order valence-electron chi connectivity index (χ4n) is 1.53.